The van der Waals surface area contributed by atoms with Gasteiger partial charge in [-0.05, 0) is 62.7 Å². The summed E-state index contributed by atoms with van der Waals surface area (Å²) in [5.41, 5.74) is 1.69. The molecule has 2 amide bonds. The van der Waals surface area contributed by atoms with Crippen LogP contribution in [-0.2, 0) is 11.2 Å². The molecule has 1 aromatic heterocycles. The molecule has 30 heavy (non-hydrogen) atoms. The molecule has 0 bridgehead atoms. The van der Waals surface area contributed by atoms with Crippen LogP contribution in [0.3, 0.4) is 0 Å². The molecule has 0 aromatic carbocycles. The smallest absolute Gasteiger partial charge is 0.273 e. The molecule has 164 valence electrons. The number of amides is 2. The Balaban J connectivity index is 1.41. The van der Waals surface area contributed by atoms with E-state index in [4.69, 9.17) is 0 Å². The molecule has 1 saturated carbocycles. The number of nitrogens with zero attached hydrogens (tertiary/aromatic N) is 2. The molecule has 1 N–H and O–H groups in total. The Hall–Kier alpha value is -1.69. The Morgan fingerprint density at radius 3 is 2.83 bits per heavy atom. The predicted octanol–water partition coefficient (Wildman–Crippen LogP) is 4.59. The maximum atomic E-state index is 13.3. The molecule has 0 spiro atoms. The van der Waals surface area contributed by atoms with Gasteiger partial charge in [0.15, 0.2) is 0 Å². The number of nitrogens with one attached hydrogen (secondary N) is 1. The van der Waals surface area contributed by atoms with Gasteiger partial charge in [-0.25, -0.2) is 4.98 Å². The summed E-state index contributed by atoms with van der Waals surface area (Å²) in [5, 5.41) is 6.12. The molecule has 3 aliphatic rings. The van der Waals surface area contributed by atoms with Crippen molar-refractivity contribution in [2.75, 3.05) is 19.6 Å². The molecule has 2 heterocycles. The van der Waals surface area contributed by atoms with Crippen LogP contribution in [-0.4, -0.2) is 41.3 Å². The van der Waals surface area contributed by atoms with Crippen LogP contribution >= 0.6 is 11.3 Å². The minimum absolute atomic E-state index is 0.0154. The van der Waals surface area contributed by atoms with E-state index in [1.54, 1.807) is 11.3 Å². The lowest BCUT2D eigenvalue weighted by molar-refractivity contribution is -0.152. The predicted molar refractivity (Wildman–Crippen MR) is 121 cm³/mol. The molecule has 1 aromatic rings. The highest BCUT2D eigenvalue weighted by Crippen LogP contribution is 2.63. The van der Waals surface area contributed by atoms with Gasteiger partial charge < -0.3 is 10.2 Å². The second kappa shape index (κ2) is 8.45. The first-order valence-electron chi connectivity index (χ1n) is 11.6. The Labute approximate surface area is 184 Å². The minimum Gasteiger partial charge on any atom is -0.355 e. The summed E-state index contributed by atoms with van der Waals surface area (Å²) in [6.07, 6.45) is 11.0. The molecule has 2 fully saturated rings. The lowest BCUT2D eigenvalue weighted by Gasteiger charge is -2.55. The third kappa shape index (κ3) is 3.95. The summed E-state index contributed by atoms with van der Waals surface area (Å²) in [5.74, 6) is 0.346. The minimum atomic E-state index is -0.428. The number of rotatable bonds is 7. The molecule has 1 aliphatic heterocycles. The quantitative estimate of drug-likeness (QED) is 0.645. The van der Waals surface area contributed by atoms with E-state index in [9.17, 15) is 9.59 Å². The Morgan fingerprint density at radius 1 is 1.30 bits per heavy atom. The van der Waals surface area contributed by atoms with E-state index < -0.39 is 5.41 Å². The van der Waals surface area contributed by atoms with Crippen LogP contribution < -0.4 is 5.32 Å². The van der Waals surface area contributed by atoms with Crippen LogP contribution in [0.4, 0.5) is 0 Å². The number of thiazole rings is 1. The molecule has 2 aliphatic carbocycles. The summed E-state index contributed by atoms with van der Waals surface area (Å²) in [6.45, 7) is 8.47. The number of likely N-dealkylation sites (tertiary alicyclic amines) is 1. The van der Waals surface area contributed by atoms with Crippen LogP contribution in [0.25, 0.3) is 0 Å². The number of hydrogen-bond donors (Lipinski definition) is 1. The van der Waals surface area contributed by atoms with Gasteiger partial charge in [0, 0.05) is 25.0 Å². The number of hydrogen-bond acceptors (Lipinski definition) is 4. The average Bonchev–Trinajstić information content (AvgIpc) is 3.32. The largest absolute Gasteiger partial charge is 0.355 e. The summed E-state index contributed by atoms with van der Waals surface area (Å²) in [4.78, 5) is 32.8. The highest BCUT2D eigenvalue weighted by molar-refractivity contribution is 7.09. The number of allylic oxidation sites excluding steroid dienone is 1. The first-order chi connectivity index (χ1) is 14.4. The first-order valence-corrected chi connectivity index (χ1v) is 12.4. The Bertz CT molecular complexity index is 843. The van der Waals surface area contributed by atoms with E-state index in [1.807, 2.05) is 10.3 Å². The summed E-state index contributed by atoms with van der Waals surface area (Å²) < 4.78 is 0. The fourth-order valence-corrected chi connectivity index (χ4v) is 6.77. The van der Waals surface area contributed by atoms with Crippen LogP contribution in [0.15, 0.2) is 17.0 Å². The Morgan fingerprint density at radius 2 is 2.13 bits per heavy atom. The summed E-state index contributed by atoms with van der Waals surface area (Å²) in [6, 6.07) is 0. The number of carbonyl (C=O) groups excluding carboxylic acids is 2. The molecule has 1 saturated heterocycles. The number of fused-ring (bicyclic) bond motifs is 1. The van der Waals surface area contributed by atoms with E-state index in [1.165, 1.54) is 31.3 Å². The van der Waals surface area contributed by atoms with Crippen molar-refractivity contribution in [1.29, 1.82) is 0 Å². The monoisotopic (exact) mass is 429 g/mol. The average molecular weight is 430 g/mol. The van der Waals surface area contributed by atoms with Gasteiger partial charge in [-0.2, -0.15) is 0 Å². The van der Waals surface area contributed by atoms with Crippen LogP contribution in [0.5, 0.6) is 0 Å². The fourth-order valence-electron chi connectivity index (χ4n) is 5.90. The fraction of sp³-hybridized carbons (Fsp3) is 0.708. The van der Waals surface area contributed by atoms with Crippen molar-refractivity contribution in [3.63, 3.8) is 0 Å². The van der Waals surface area contributed by atoms with Gasteiger partial charge in [0.25, 0.3) is 5.91 Å². The maximum Gasteiger partial charge on any atom is 0.273 e. The van der Waals surface area contributed by atoms with Gasteiger partial charge in [-0.3, -0.25) is 9.59 Å². The number of aryl methyl sites for hydroxylation is 1. The van der Waals surface area contributed by atoms with Crippen molar-refractivity contribution >= 4 is 23.2 Å². The molecule has 6 heteroatoms. The van der Waals surface area contributed by atoms with Crippen molar-refractivity contribution in [3.8, 4) is 0 Å². The van der Waals surface area contributed by atoms with Crippen LogP contribution in [0.1, 0.15) is 81.2 Å². The van der Waals surface area contributed by atoms with Crippen molar-refractivity contribution in [1.82, 2.24) is 15.2 Å². The summed E-state index contributed by atoms with van der Waals surface area (Å²) in [7, 11) is 0. The molecule has 0 unspecified atom stereocenters. The molecular formula is C24H35N3O2S. The second-order valence-electron chi connectivity index (χ2n) is 10.1. The normalized spacial score (nSPS) is 27.2. The first kappa shape index (κ1) is 21.5. The highest BCUT2D eigenvalue weighted by Gasteiger charge is 2.67. The van der Waals surface area contributed by atoms with E-state index in [-0.39, 0.29) is 23.1 Å². The van der Waals surface area contributed by atoms with Crippen molar-refractivity contribution in [2.24, 2.45) is 16.7 Å². The molecular weight excluding hydrogens is 394 g/mol. The lowest BCUT2D eigenvalue weighted by atomic mass is 9.47. The van der Waals surface area contributed by atoms with Gasteiger partial charge in [0.2, 0.25) is 5.91 Å². The third-order valence-corrected chi connectivity index (χ3v) is 8.26. The maximum absolute atomic E-state index is 13.3. The zero-order valence-electron chi connectivity index (χ0n) is 18.6. The van der Waals surface area contributed by atoms with E-state index in [2.05, 4.69) is 37.1 Å². The van der Waals surface area contributed by atoms with Crippen molar-refractivity contribution in [3.05, 3.63) is 27.7 Å². The van der Waals surface area contributed by atoms with Crippen molar-refractivity contribution < 1.29 is 9.59 Å². The Kier molecular flexibility index (Phi) is 6.06. The number of carbonyl (C=O) groups is 2. The summed E-state index contributed by atoms with van der Waals surface area (Å²) >= 11 is 1.57. The van der Waals surface area contributed by atoms with E-state index in [0.717, 1.165) is 30.7 Å². The molecule has 0 radical (unpaired) electrons. The van der Waals surface area contributed by atoms with Gasteiger partial charge in [0.05, 0.1) is 10.4 Å². The van der Waals surface area contributed by atoms with Crippen LogP contribution in [0.2, 0.25) is 0 Å². The molecule has 4 rings (SSSR count). The van der Waals surface area contributed by atoms with Gasteiger partial charge >= 0.3 is 0 Å². The highest BCUT2D eigenvalue weighted by atomic mass is 32.1. The molecule has 5 nitrogen and oxygen atoms in total. The lowest BCUT2D eigenvalue weighted by Crippen LogP contribution is -2.60. The standard InChI is InChI=1S/C24H35N3O2S/c1-4-8-20-26-18(14-30-20)21(28)27-13-19-23(2,3)15-24(19,16-27)22(29)25-12-11-17-9-6-5-7-10-17/h9,14,19H,4-8,10-13,15-16H2,1-3H3,(H,25,29)/t19-,24+/m1/s1. The molecule has 2 atom stereocenters. The zero-order chi connectivity index (χ0) is 21.4. The van der Waals surface area contributed by atoms with E-state index in [0.29, 0.717) is 25.3 Å². The second-order valence-corrected chi connectivity index (χ2v) is 11.0. The zero-order valence-corrected chi connectivity index (χ0v) is 19.4. The number of aromatic nitrogens is 1. The van der Waals surface area contributed by atoms with E-state index >= 15 is 0 Å². The van der Waals surface area contributed by atoms with Crippen LogP contribution in [0, 0.1) is 16.7 Å². The van der Waals surface area contributed by atoms with Crippen molar-refractivity contribution in [2.45, 2.75) is 72.1 Å². The van der Waals surface area contributed by atoms with Gasteiger partial charge in [-0.15, -0.1) is 11.3 Å². The topological polar surface area (TPSA) is 62.3 Å². The van der Waals surface area contributed by atoms with Gasteiger partial charge in [0.1, 0.15) is 5.69 Å². The SMILES string of the molecule is CCCc1nc(C(=O)N2C[C@@H]3C(C)(C)C[C@]3(C(=O)NCCC3=CCCCC3)C2)cs1. The third-order valence-electron chi connectivity index (χ3n) is 7.35. The van der Waals surface area contributed by atoms with Gasteiger partial charge in [-0.1, -0.05) is 32.4 Å².